The summed E-state index contributed by atoms with van der Waals surface area (Å²) in [6, 6.07) is 6.72. The number of hydrogen-bond acceptors (Lipinski definition) is 4. The van der Waals surface area contributed by atoms with E-state index >= 15 is 0 Å². The number of amides is 1. The number of nitrogens with two attached hydrogens (primary N) is 1. The van der Waals surface area contributed by atoms with Crippen LogP contribution in [0.2, 0.25) is 0 Å². The lowest BCUT2D eigenvalue weighted by atomic mass is 9.96. The summed E-state index contributed by atoms with van der Waals surface area (Å²) in [5.74, 6) is -0.548. The first-order valence-corrected chi connectivity index (χ1v) is 7.96. The number of carboxylic acids is 1. The van der Waals surface area contributed by atoms with Crippen LogP contribution in [0, 0.1) is 0 Å². The lowest BCUT2D eigenvalue weighted by Crippen LogP contribution is -2.45. The fourth-order valence-electron chi connectivity index (χ4n) is 2.52. The van der Waals surface area contributed by atoms with E-state index in [0.717, 1.165) is 5.56 Å². The Morgan fingerprint density at radius 1 is 1.43 bits per heavy atom. The summed E-state index contributed by atoms with van der Waals surface area (Å²) in [4.78, 5) is 25.2. The molecule has 0 spiro atoms. The number of thioether (sulfide) groups is 1. The molecule has 0 radical (unpaired) electrons. The first kappa shape index (κ1) is 15.7. The SMILES string of the molecule is CC(CC(=O)N1C(C)SCC1C(=O)O)c1ccc(N)cc1. The number of carbonyl (C=O) groups excluding carboxylic acids is 1. The summed E-state index contributed by atoms with van der Waals surface area (Å²) in [6.07, 6.45) is 0.304. The Morgan fingerprint density at radius 3 is 2.62 bits per heavy atom. The van der Waals surface area contributed by atoms with Crippen LogP contribution >= 0.6 is 11.8 Å². The van der Waals surface area contributed by atoms with Gasteiger partial charge < -0.3 is 15.7 Å². The van der Waals surface area contributed by atoms with Crippen LogP contribution in [0.4, 0.5) is 5.69 Å². The molecule has 0 aromatic heterocycles. The van der Waals surface area contributed by atoms with Gasteiger partial charge >= 0.3 is 5.97 Å². The normalized spacial score (nSPS) is 23.0. The Hall–Kier alpha value is -1.69. The Balaban J connectivity index is 2.06. The molecule has 0 saturated carbocycles. The van der Waals surface area contributed by atoms with Crippen molar-refractivity contribution in [3.63, 3.8) is 0 Å². The highest BCUT2D eigenvalue weighted by Gasteiger charge is 2.39. The molecule has 3 unspecified atom stereocenters. The van der Waals surface area contributed by atoms with E-state index in [1.165, 1.54) is 16.7 Å². The van der Waals surface area contributed by atoms with Crippen LogP contribution in [0.15, 0.2) is 24.3 Å². The topological polar surface area (TPSA) is 83.6 Å². The Morgan fingerprint density at radius 2 is 2.05 bits per heavy atom. The smallest absolute Gasteiger partial charge is 0.327 e. The molecule has 0 aliphatic carbocycles. The molecule has 2 rings (SSSR count). The van der Waals surface area contributed by atoms with Crippen molar-refractivity contribution >= 4 is 29.3 Å². The van der Waals surface area contributed by atoms with Crippen LogP contribution in [0.25, 0.3) is 0 Å². The Bertz CT molecular complexity index is 532. The largest absolute Gasteiger partial charge is 0.480 e. The fourth-order valence-corrected chi connectivity index (χ4v) is 3.71. The van der Waals surface area contributed by atoms with Crippen LogP contribution in [-0.2, 0) is 9.59 Å². The molecule has 3 atom stereocenters. The molecule has 114 valence electrons. The van der Waals surface area contributed by atoms with E-state index in [9.17, 15) is 14.7 Å². The number of nitrogens with zero attached hydrogens (tertiary/aromatic N) is 1. The molecule has 21 heavy (non-hydrogen) atoms. The van der Waals surface area contributed by atoms with Crippen molar-refractivity contribution in [3.8, 4) is 0 Å². The molecule has 1 saturated heterocycles. The van der Waals surface area contributed by atoms with Gasteiger partial charge in [0.25, 0.3) is 0 Å². The monoisotopic (exact) mass is 308 g/mol. The number of rotatable bonds is 4. The van der Waals surface area contributed by atoms with E-state index < -0.39 is 12.0 Å². The Kier molecular flexibility index (Phi) is 4.77. The molecular weight excluding hydrogens is 288 g/mol. The molecule has 1 aliphatic rings. The standard InChI is InChI=1S/C15H20N2O3S/c1-9(11-3-5-12(16)6-4-11)7-14(18)17-10(2)21-8-13(17)15(19)20/h3-6,9-10,13H,7-8,16H2,1-2H3,(H,19,20). The third-order valence-electron chi connectivity index (χ3n) is 3.78. The molecule has 6 heteroatoms. The van der Waals surface area contributed by atoms with E-state index in [4.69, 9.17) is 5.73 Å². The minimum atomic E-state index is -0.930. The van der Waals surface area contributed by atoms with E-state index in [1.54, 1.807) is 0 Å². The molecule has 3 N–H and O–H groups in total. The zero-order valence-electron chi connectivity index (χ0n) is 12.2. The molecule has 5 nitrogen and oxygen atoms in total. The van der Waals surface area contributed by atoms with E-state index in [0.29, 0.717) is 17.9 Å². The van der Waals surface area contributed by atoms with Crippen LogP contribution in [0.5, 0.6) is 0 Å². The molecule has 1 aromatic carbocycles. The summed E-state index contributed by atoms with van der Waals surface area (Å²) < 4.78 is 0. The maximum atomic E-state index is 12.4. The van der Waals surface area contributed by atoms with E-state index in [-0.39, 0.29) is 17.2 Å². The summed E-state index contributed by atoms with van der Waals surface area (Å²) in [5, 5.41) is 9.12. The van der Waals surface area contributed by atoms with Gasteiger partial charge in [0.1, 0.15) is 6.04 Å². The van der Waals surface area contributed by atoms with Crippen molar-refractivity contribution in [3.05, 3.63) is 29.8 Å². The molecule has 0 bridgehead atoms. The van der Waals surface area contributed by atoms with Gasteiger partial charge in [-0.05, 0) is 30.5 Å². The van der Waals surface area contributed by atoms with Gasteiger partial charge in [0.05, 0.1) is 5.37 Å². The average Bonchev–Trinajstić information content (AvgIpc) is 2.81. The number of carbonyl (C=O) groups is 2. The second-order valence-corrected chi connectivity index (χ2v) is 6.71. The van der Waals surface area contributed by atoms with Crippen molar-refractivity contribution in [1.29, 1.82) is 0 Å². The third kappa shape index (κ3) is 3.50. The number of benzene rings is 1. The molecule has 1 fully saturated rings. The number of anilines is 1. The van der Waals surface area contributed by atoms with Gasteiger partial charge in [0, 0.05) is 17.9 Å². The van der Waals surface area contributed by atoms with Crippen molar-refractivity contribution in [1.82, 2.24) is 4.90 Å². The highest BCUT2D eigenvalue weighted by Crippen LogP contribution is 2.31. The Labute approximate surface area is 128 Å². The number of nitrogen functional groups attached to an aromatic ring is 1. The lowest BCUT2D eigenvalue weighted by molar-refractivity contribution is -0.149. The summed E-state index contributed by atoms with van der Waals surface area (Å²) in [7, 11) is 0. The minimum absolute atomic E-state index is 0.0327. The number of hydrogen-bond donors (Lipinski definition) is 2. The highest BCUT2D eigenvalue weighted by molar-refractivity contribution is 8.00. The van der Waals surface area contributed by atoms with Crippen molar-refractivity contribution in [2.45, 2.75) is 37.6 Å². The zero-order chi connectivity index (χ0) is 15.6. The minimum Gasteiger partial charge on any atom is -0.480 e. The second kappa shape index (κ2) is 6.39. The summed E-state index contributed by atoms with van der Waals surface area (Å²) >= 11 is 1.50. The maximum Gasteiger partial charge on any atom is 0.327 e. The first-order chi connectivity index (χ1) is 9.90. The maximum absolute atomic E-state index is 12.4. The van der Waals surface area contributed by atoms with Crippen LogP contribution < -0.4 is 5.73 Å². The van der Waals surface area contributed by atoms with Crippen molar-refractivity contribution in [2.24, 2.45) is 0 Å². The predicted molar refractivity (Wildman–Crippen MR) is 84.1 cm³/mol. The van der Waals surface area contributed by atoms with Crippen molar-refractivity contribution < 1.29 is 14.7 Å². The predicted octanol–water partition coefficient (Wildman–Crippen LogP) is 2.14. The van der Waals surface area contributed by atoms with Crippen LogP contribution in [0.3, 0.4) is 0 Å². The second-order valence-electron chi connectivity index (χ2n) is 5.36. The van der Waals surface area contributed by atoms with Crippen LogP contribution in [0.1, 0.15) is 31.7 Å². The van der Waals surface area contributed by atoms with Gasteiger partial charge in [0.15, 0.2) is 0 Å². The van der Waals surface area contributed by atoms with E-state index in [2.05, 4.69) is 0 Å². The quantitative estimate of drug-likeness (QED) is 0.833. The van der Waals surface area contributed by atoms with Gasteiger partial charge in [-0.15, -0.1) is 11.8 Å². The van der Waals surface area contributed by atoms with Gasteiger partial charge in [-0.2, -0.15) is 0 Å². The molecular formula is C15H20N2O3S. The summed E-state index contributed by atoms with van der Waals surface area (Å²) in [6.45, 7) is 3.84. The van der Waals surface area contributed by atoms with Gasteiger partial charge in [0.2, 0.25) is 5.91 Å². The first-order valence-electron chi connectivity index (χ1n) is 6.91. The third-order valence-corrected chi connectivity index (χ3v) is 5.00. The number of aliphatic carboxylic acids is 1. The van der Waals surface area contributed by atoms with Crippen LogP contribution in [-0.4, -0.2) is 39.1 Å². The fraction of sp³-hybridized carbons (Fsp3) is 0.467. The zero-order valence-corrected chi connectivity index (χ0v) is 13.0. The molecule has 1 heterocycles. The molecule has 1 aromatic rings. The number of carboxylic acid groups (broad SMARTS) is 1. The summed E-state index contributed by atoms with van der Waals surface area (Å²) in [5.41, 5.74) is 7.37. The van der Waals surface area contributed by atoms with Gasteiger partial charge in [-0.25, -0.2) is 4.79 Å². The highest BCUT2D eigenvalue weighted by atomic mass is 32.2. The van der Waals surface area contributed by atoms with Crippen molar-refractivity contribution in [2.75, 3.05) is 11.5 Å². The molecule has 1 aliphatic heterocycles. The van der Waals surface area contributed by atoms with Gasteiger partial charge in [-0.3, -0.25) is 4.79 Å². The lowest BCUT2D eigenvalue weighted by Gasteiger charge is -2.26. The molecule has 1 amide bonds. The average molecular weight is 308 g/mol. The van der Waals surface area contributed by atoms with Gasteiger partial charge in [-0.1, -0.05) is 19.1 Å². The van der Waals surface area contributed by atoms with E-state index in [1.807, 2.05) is 38.1 Å².